The van der Waals surface area contributed by atoms with Crippen molar-refractivity contribution in [1.29, 1.82) is 0 Å². The van der Waals surface area contributed by atoms with Gasteiger partial charge in [-0.1, -0.05) is 27.7 Å². The molecule has 0 spiro atoms. The van der Waals surface area contributed by atoms with Gasteiger partial charge in [-0.05, 0) is 57.4 Å². The van der Waals surface area contributed by atoms with Gasteiger partial charge < -0.3 is 32.5 Å². The number of nitrogens with two attached hydrogens (primary N) is 2. The SMILES string of the molecule is CC(C)CC(NC(=O)C(CCCCN)NC(=O)C(CC(C)C)NC(=O)C(C)N)C(=O)O. The van der Waals surface area contributed by atoms with Crippen LogP contribution >= 0.6 is 0 Å². The minimum atomic E-state index is -1.13. The number of hydrogen-bond acceptors (Lipinski definition) is 6. The molecule has 3 amide bonds. The van der Waals surface area contributed by atoms with Crippen LogP contribution in [0.1, 0.15) is 66.7 Å². The zero-order valence-corrected chi connectivity index (χ0v) is 19.4. The third-order valence-corrected chi connectivity index (χ3v) is 4.66. The number of carboxylic acid groups (broad SMARTS) is 1. The Labute approximate surface area is 185 Å². The van der Waals surface area contributed by atoms with E-state index in [1.54, 1.807) is 0 Å². The van der Waals surface area contributed by atoms with Gasteiger partial charge >= 0.3 is 5.97 Å². The summed E-state index contributed by atoms with van der Waals surface area (Å²) in [6.07, 6.45) is 2.18. The van der Waals surface area contributed by atoms with Gasteiger partial charge in [0.1, 0.15) is 18.1 Å². The van der Waals surface area contributed by atoms with Gasteiger partial charge in [-0.25, -0.2) is 4.79 Å². The minimum absolute atomic E-state index is 0.0653. The van der Waals surface area contributed by atoms with E-state index < -0.39 is 47.9 Å². The number of nitrogens with one attached hydrogen (secondary N) is 3. The number of rotatable bonds is 15. The van der Waals surface area contributed by atoms with Gasteiger partial charge in [0.05, 0.1) is 6.04 Å². The normalized spacial score (nSPS) is 15.1. The lowest BCUT2D eigenvalue weighted by Crippen LogP contribution is -2.57. The Hall–Kier alpha value is -2.20. The van der Waals surface area contributed by atoms with Gasteiger partial charge in [-0.15, -0.1) is 0 Å². The number of carboxylic acids is 1. The van der Waals surface area contributed by atoms with Crippen LogP contribution in [0.3, 0.4) is 0 Å². The highest BCUT2D eigenvalue weighted by molar-refractivity contribution is 5.94. The maximum atomic E-state index is 12.9. The summed E-state index contributed by atoms with van der Waals surface area (Å²) in [5.74, 6) is -2.50. The Morgan fingerprint density at radius 3 is 1.65 bits per heavy atom. The molecule has 0 saturated carbocycles. The highest BCUT2D eigenvalue weighted by Gasteiger charge is 2.30. The van der Waals surface area contributed by atoms with Crippen molar-refractivity contribution in [2.45, 2.75) is 90.9 Å². The van der Waals surface area contributed by atoms with Gasteiger partial charge in [0.2, 0.25) is 17.7 Å². The lowest BCUT2D eigenvalue weighted by molar-refractivity contribution is -0.142. The Morgan fingerprint density at radius 2 is 1.19 bits per heavy atom. The maximum absolute atomic E-state index is 12.9. The van der Waals surface area contributed by atoms with Gasteiger partial charge in [0.15, 0.2) is 0 Å². The highest BCUT2D eigenvalue weighted by Crippen LogP contribution is 2.09. The molecule has 0 rings (SSSR count). The Morgan fingerprint density at radius 1 is 0.742 bits per heavy atom. The van der Waals surface area contributed by atoms with Crippen molar-refractivity contribution in [2.75, 3.05) is 6.54 Å². The molecule has 0 heterocycles. The smallest absolute Gasteiger partial charge is 0.326 e. The summed E-state index contributed by atoms with van der Waals surface area (Å²) in [5, 5.41) is 17.2. The fraction of sp³-hybridized carbons (Fsp3) is 0.810. The van der Waals surface area contributed by atoms with E-state index in [0.29, 0.717) is 32.2 Å². The van der Waals surface area contributed by atoms with Gasteiger partial charge in [0, 0.05) is 0 Å². The molecule has 10 heteroatoms. The fourth-order valence-electron chi connectivity index (χ4n) is 3.01. The van der Waals surface area contributed by atoms with Crippen molar-refractivity contribution in [3.8, 4) is 0 Å². The molecule has 0 aliphatic carbocycles. The highest BCUT2D eigenvalue weighted by atomic mass is 16.4. The molecule has 0 aromatic heterocycles. The van der Waals surface area contributed by atoms with Crippen LogP contribution in [0.15, 0.2) is 0 Å². The van der Waals surface area contributed by atoms with Crippen LogP contribution in [0.2, 0.25) is 0 Å². The van der Waals surface area contributed by atoms with E-state index >= 15 is 0 Å². The molecule has 10 nitrogen and oxygen atoms in total. The number of aliphatic carboxylic acids is 1. The van der Waals surface area contributed by atoms with Gasteiger partial charge in [0.25, 0.3) is 0 Å². The largest absolute Gasteiger partial charge is 0.480 e. The van der Waals surface area contributed by atoms with E-state index in [0.717, 1.165) is 0 Å². The predicted octanol–water partition coefficient (Wildman–Crippen LogP) is 0.0938. The first-order valence-corrected chi connectivity index (χ1v) is 11.0. The molecular weight excluding hydrogens is 402 g/mol. The van der Waals surface area contributed by atoms with Gasteiger partial charge in [-0.3, -0.25) is 14.4 Å². The summed E-state index contributed by atoms with van der Waals surface area (Å²) < 4.78 is 0. The predicted molar refractivity (Wildman–Crippen MR) is 119 cm³/mol. The lowest BCUT2D eigenvalue weighted by Gasteiger charge is -2.26. The van der Waals surface area contributed by atoms with E-state index in [-0.39, 0.29) is 18.3 Å². The first kappa shape index (κ1) is 28.8. The summed E-state index contributed by atoms with van der Waals surface area (Å²) in [7, 11) is 0. The first-order valence-electron chi connectivity index (χ1n) is 11.0. The van der Waals surface area contributed by atoms with Crippen molar-refractivity contribution >= 4 is 23.7 Å². The number of carbonyl (C=O) groups is 4. The van der Waals surface area contributed by atoms with E-state index in [4.69, 9.17) is 11.5 Å². The molecule has 0 aliphatic heterocycles. The van der Waals surface area contributed by atoms with E-state index in [1.165, 1.54) is 6.92 Å². The molecule has 0 bridgehead atoms. The maximum Gasteiger partial charge on any atom is 0.326 e. The number of hydrogen-bond donors (Lipinski definition) is 6. The molecule has 8 N–H and O–H groups in total. The summed E-state index contributed by atoms with van der Waals surface area (Å²) in [6, 6.07) is -3.62. The third-order valence-electron chi connectivity index (χ3n) is 4.66. The molecule has 31 heavy (non-hydrogen) atoms. The van der Waals surface area contributed by atoms with Gasteiger partial charge in [-0.2, -0.15) is 0 Å². The second-order valence-corrected chi connectivity index (χ2v) is 8.85. The molecule has 180 valence electrons. The van der Waals surface area contributed by atoms with Crippen molar-refractivity contribution in [3.05, 3.63) is 0 Å². The molecular formula is C21H41N5O5. The lowest BCUT2D eigenvalue weighted by atomic mass is 10.0. The van der Waals surface area contributed by atoms with Crippen LogP contribution in [0.5, 0.6) is 0 Å². The van der Waals surface area contributed by atoms with Crippen molar-refractivity contribution in [3.63, 3.8) is 0 Å². The third kappa shape index (κ3) is 12.3. The van der Waals surface area contributed by atoms with Crippen LogP contribution in [0.25, 0.3) is 0 Å². The number of amides is 3. The Kier molecular flexibility index (Phi) is 13.7. The second-order valence-electron chi connectivity index (χ2n) is 8.85. The second kappa shape index (κ2) is 14.7. The summed E-state index contributed by atoms with van der Waals surface area (Å²) in [4.78, 5) is 49.2. The summed E-state index contributed by atoms with van der Waals surface area (Å²) >= 11 is 0. The first-order chi connectivity index (χ1) is 14.4. The van der Waals surface area contributed by atoms with Crippen LogP contribution < -0.4 is 27.4 Å². The van der Waals surface area contributed by atoms with Crippen LogP contribution in [0, 0.1) is 11.8 Å². The number of unbranched alkanes of at least 4 members (excludes halogenated alkanes) is 1. The van der Waals surface area contributed by atoms with E-state index in [2.05, 4.69) is 16.0 Å². The monoisotopic (exact) mass is 443 g/mol. The molecule has 0 aliphatic rings. The van der Waals surface area contributed by atoms with Crippen LogP contribution in [-0.4, -0.2) is 59.5 Å². The van der Waals surface area contributed by atoms with Crippen LogP contribution in [-0.2, 0) is 19.2 Å². The van der Waals surface area contributed by atoms with Crippen molar-refractivity contribution < 1.29 is 24.3 Å². The standard InChI is InChI=1S/C21H41N5O5/c1-12(2)10-16(25-18(27)14(5)23)20(29)24-15(8-6-7-9-22)19(28)26-17(21(30)31)11-13(3)4/h12-17H,6-11,22-23H2,1-5H3,(H,24,29)(H,25,27)(H,26,28)(H,30,31). The average molecular weight is 444 g/mol. The zero-order chi connectivity index (χ0) is 24.1. The van der Waals surface area contributed by atoms with E-state index in [9.17, 15) is 24.3 Å². The molecule has 0 saturated heterocycles. The molecule has 0 radical (unpaired) electrons. The Bertz CT molecular complexity index is 595. The summed E-state index contributed by atoms with van der Waals surface area (Å²) in [5.41, 5.74) is 11.1. The fourth-order valence-corrected chi connectivity index (χ4v) is 3.01. The van der Waals surface area contributed by atoms with Crippen molar-refractivity contribution in [1.82, 2.24) is 16.0 Å². The molecule has 4 unspecified atom stereocenters. The Balaban J connectivity index is 5.42. The minimum Gasteiger partial charge on any atom is -0.480 e. The topological polar surface area (TPSA) is 177 Å². The van der Waals surface area contributed by atoms with Crippen LogP contribution in [0.4, 0.5) is 0 Å². The zero-order valence-electron chi connectivity index (χ0n) is 19.4. The van der Waals surface area contributed by atoms with E-state index in [1.807, 2.05) is 27.7 Å². The van der Waals surface area contributed by atoms with Crippen molar-refractivity contribution in [2.24, 2.45) is 23.3 Å². The number of carbonyl (C=O) groups excluding carboxylic acids is 3. The summed E-state index contributed by atoms with van der Waals surface area (Å²) in [6.45, 7) is 9.50. The molecule has 0 aromatic rings. The quantitative estimate of drug-likeness (QED) is 0.194. The molecule has 4 atom stereocenters. The molecule has 0 fully saturated rings. The molecule has 0 aromatic carbocycles. The average Bonchev–Trinajstić information content (AvgIpc) is 2.64.